The van der Waals surface area contributed by atoms with Crippen molar-refractivity contribution >= 4 is 0 Å². The summed E-state index contributed by atoms with van der Waals surface area (Å²) in [6.45, 7) is 4.36. The monoisotopic (exact) mass is 312 g/mol. The summed E-state index contributed by atoms with van der Waals surface area (Å²) in [5.41, 5.74) is 2.81. The van der Waals surface area contributed by atoms with Crippen molar-refractivity contribution in [2.75, 3.05) is 0 Å². The Hall–Kier alpha value is -2.03. The van der Waals surface area contributed by atoms with Crippen molar-refractivity contribution in [2.45, 2.75) is 51.2 Å². The van der Waals surface area contributed by atoms with Gasteiger partial charge >= 0.3 is 0 Å². The molecule has 0 radical (unpaired) electrons. The highest BCUT2D eigenvalue weighted by Gasteiger charge is 2.32. The maximum Gasteiger partial charge on any atom is 0.130 e. The first-order valence-corrected chi connectivity index (χ1v) is 8.23. The molecular weight excluding hydrogens is 291 g/mol. The van der Waals surface area contributed by atoms with Crippen molar-refractivity contribution in [3.05, 3.63) is 58.9 Å². The van der Waals surface area contributed by atoms with Gasteiger partial charge in [-0.3, -0.25) is 0 Å². The normalized spacial score (nSPS) is 18.4. The zero-order chi connectivity index (χ0) is 16.0. The number of halogens is 1. The molecule has 23 heavy (non-hydrogen) atoms. The molecule has 1 heterocycles. The second kappa shape index (κ2) is 5.26. The van der Waals surface area contributed by atoms with Crippen LogP contribution in [0.2, 0.25) is 0 Å². The molecule has 1 aliphatic carbocycles. The minimum Gasteiger partial charge on any atom is -0.489 e. The maximum atomic E-state index is 13.8. The molecule has 2 nitrogen and oxygen atoms in total. The molecule has 2 aromatic rings. The molecule has 0 unspecified atom stereocenters. The summed E-state index contributed by atoms with van der Waals surface area (Å²) < 4.78 is 25.7. The number of rotatable bonds is 4. The van der Waals surface area contributed by atoms with E-state index in [-0.39, 0.29) is 11.4 Å². The van der Waals surface area contributed by atoms with Crippen LogP contribution in [-0.2, 0) is 13.0 Å². The van der Waals surface area contributed by atoms with Gasteiger partial charge in [-0.25, -0.2) is 4.39 Å². The van der Waals surface area contributed by atoms with Crippen molar-refractivity contribution in [2.24, 2.45) is 0 Å². The van der Waals surface area contributed by atoms with Crippen LogP contribution >= 0.6 is 0 Å². The minimum absolute atomic E-state index is 0.229. The van der Waals surface area contributed by atoms with E-state index in [1.54, 1.807) is 6.07 Å². The number of benzene rings is 2. The first-order valence-electron chi connectivity index (χ1n) is 8.23. The second-order valence-electron chi connectivity index (χ2n) is 7.22. The van der Waals surface area contributed by atoms with Gasteiger partial charge in [0, 0.05) is 17.5 Å². The summed E-state index contributed by atoms with van der Waals surface area (Å²) in [7, 11) is 0. The topological polar surface area (TPSA) is 18.5 Å². The fourth-order valence-electron chi connectivity index (χ4n) is 3.27. The molecule has 0 spiro atoms. The van der Waals surface area contributed by atoms with Crippen molar-refractivity contribution in [3.63, 3.8) is 0 Å². The van der Waals surface area contributed by atoms with Crippen LogP contribution in [0.15, 0.2) is 36.4 Å². The number of ether oxygens (including phenoxy) is 2. The Bertz CT molecular complexity index is 730. The molecular formula is C20H21FO2. The van der Waals surface area contributed by atoms with Crippen molar-refractivity contribution in [3.8, 4) is 11.5 Å². The minimum atomic E-state index is -0.281. The van der Waals surface area contributed by atoms with E-state index in [1.165, 1.54) is 24.5 Å². The zero-order valence-electron chi connectivity index (χ0n) is 13.6. The Morgan fingerprint density at radius 1 is 1.17 bits per heavy atom. The lowest BCUT2D eigenvalue weighted by molar-refractivity contribution is 0.135. The van der Waals surface area contributed by atoms with Crippen molar-refractivity contribution in [1.29, 1.82) is 0 Å². The van der Waals surface area contributed by atoms with Gasteiger partial charge in [-0.05, 0) is 62.4 Å². The fraction of sp³-hybridized carbons (Fsp3) is 0.400. The second-order valence-corrected chi connectivity index (χ2v) is 7.22. The first kappa shape index (κ1) is 14.6. The van der Waals surface area contributed by atoms with Gasteiger partial charge in [0.2, 0.25) is 0 Å². The summed E-state index contributed by atoms with van der Waals surface area (Å²) in [4.78, 5) is 0. The van der Waals surface area contributed by atoms with Gasteiger partial charge in [0.05, 0.1) is 0 Å². The molecule has 1 aliphatic heterocycles. The van der Waals surface area contributed by atoms with E-state index < -0.39 is 0 Å². The van der Waals surface area contributed by atoms with E-state index in [0.717, 1.165) is 35.0 Å². The maximum absolute atomic E-state index is 13.8. The highest BCUT2D eigenvalue weighted by atomic mass is 19.1. The van der Waals surface area contributed by atoms with E-state index in [0.29, 0.717) is 6.61 Å². The third-order valence-corrected chi connectivity index (χ3v) is 4.53. The van der Waals surface area contributed by atoms with E-state index >= 15 is 0 Å². The van der Waals surface area contributed by atoms with Crippen LogP contribution in [0, 0.1) is 5.82 Å². The summed E-state index contributed by atoms with van der Waals surface area (Å²) >= 11 is 0. The zero-order valence-corrected chi connectivity index (χ0v) is 13.6. The summed E-state index contributed by atoms with van der Waals surface area (Å²) in [5.74, 6) is 2.11. The van der Waals surface area contributed by atoms with Crippen LogP contribution in [0.1, 0.15) is 49.3 Å². The number of hydrogen-bond acceptors (Lipinski definition) is 2. The van der Waals surface area contributed by atoms with Crippen LogP contribution in [0.5, 0.6) is 11.5 Å². The standard InChI is InChI=1S/C20H21FO2/c1-20(2)11-15-9-17(21)10-16(19(15)23-20)12-22-18-7-5-14(6-8-18)13-3-4-13/h5-10,13H,3-4,11-12H2,1-2H3. The Balaban J connectivity index is 1.51. The SMILES string of the molecule is CC1(C)Cc2cc(F)cc(COc3ccc(C4CC4)cc3)c2O1. The van der Waals surface area contributed by atoms with Gasteiger partial charge in [0.1, 0.15) is 29.5 Å². The van der Waals surface area contributed by atoms with Crippen LogP contribution in [0.3, 0.4) is 0 Å². The summed E-state index contributed by atoms with van der Waals surface area (Å²) in [5, 5.41) is 0. The van der Waals surface area contributed by atoms with E-state index in [2.05, 4.69) is 12.1 Å². The average Bonchev–Trinajstić information content (AvgIpc) is 3.28. The Morgan fingerprint density at radius 3 is 2.61 bits per heavy atom. The lowest BCUT2D eigenvalue weighted by atomic mass is 10.0. The predicted octanol–water partition coefficient (Wildman–Crippen LogP) is 5.00. The molecule has 2 aromatic carbocycles. The Kier molecular flexibility index (Phi) is 3.33. The van der Waals surface area contributed by atoms with Gasteiger partial charge < -0.3 is 9.47 Å². The van der Waals surface area contributed by atoms with Crippen LogP contribution in [0.25, 0.3) is 0 Å². The third kappa shape index (κ3) is 3.05. The van der Waals surface area contributed by atoms with Crippen molar-refractivity contribution in [1.82, 2.24) is 0 Å². The highest BCUT2D eigenvalue weighted by molar-refractivity contribution is 5.46. The average molecular weight is 312 g/mol. The highest BCUT2D eigenvalue weighted by Crippen LogP contribution is 2.41. The molecule has 1 saturated carbocycles. The van der Waals surface area contributed by atoms with Crippen LogP contribution in [-0.4, -0.2) is 5.60 Å². The molecule has 2 aliphatic rings. The molecule has 1 fully saturated rings. The van der Waals surface area contributed by atoms with E-state index in [4.69, 9.17) is 9.47 Å². The van der Waals surface area contributed by atoms with Crippen LogP contribution < -0.4 is 9.47 Å². The fourth-order valence-corrected chi connectivity index (χ4v) is 3.27. The van der Waals surface area contributed by atoms with Gasteiger partial charge in [-0.1, -0.05) is 12.1 Å². The lowest BCUT2D eigenvalue weighted by Gasteiger charge is -2.18. The smallest absolute Gasteiger partial charge is 0.130 e. The summed E-state index contributed by atoms with van der Waals surface area (Å²) in [6, 6.07) is 11.3. The van der Waals surface area contributed by atoms with Crippen molar-refractivity contribution < 1.29 is 13.9 Å². The first-order chi connectivity index (χ1) is 11.0. The summed E-state index contributed by atoms with van der Waals surface area (Å²) in [6.07, 6.45) is 3.31. The quantitative estimate of drug-likeness (QED) is 0.791. The van der Waals surface area contributed by atoms with E-state index in [9.17, 15) is 4.39 Å². The molecule has 0 saturated heterocycles. The molecule has 0 atom stereocenters. The molecule has 0 amide bonds. The Morgan fingerprint density at radius 2 is 1.91 bits per heavy atom. The molecule has 0 aromatic heterocycles. The molecule has 4 rings (SSSR count). The van der Waals surface area contributed by atoms with E-state index in [1.807, 2.05) is 26.0 Å². The van der Waals surface area contributed by atoms with Gasteiger partial charge in [0.25, 0.3) is 0 Å². The molecule has 0 bridgehead atoms. The molecule has 0 N–H and O–H groups in total. The Labute approximate surface area is 136 Å². The lowest BCUT2D eigenvalue weighted by Crippen LogP contribution is -2.25. The van der Waals surface area contributed by atoms with Crippen LogP contribution in [0.4, 0.5) is 4.39 Å². The largest absolute Gasteiger partial charge is 0.489 e. The predicted molar refractivity (Wildman–Crippen MR) is 87.6 cm³/mol. The molecule has 120 valence electrons. The van der Waals surface area contributed by atoms with Gasteiger partial charge in [0.15, 0.2) is 0 Å². The van der Waals surface area contributed by atoms with Gasteiger partial charge in [-0.15, -0.1) is 0 Å². The third-order valence-electron chi connectivity index (χ3n) is 4.53. The number of fused-ring (bicyclic) bond motifs is 1. The number of hydrogen-bond donors (Lipinski definition) is 0. The van der Waals surface area contributed by atoms with Gasteiger partial charge in [-0.2, -0.15) is 0 Å². The molecule has 3 heteroatoms.